The topological polar surface area (TPSA) is 38.7 Å². The van der Waals surface area contributed by atoms with Crippen LogP contribution in [0.25, 0.3) is 119 Å². The van der Waals surface area contributed by atoms with Crippen molar-refractivity contribution in [1.82, 2.24) is 15.0 Å². The first-order valence-electron chi connectivity index (χ1n) is 17.9. The molecule has 1 aliphatic rings. The highest BCUT2D eigenvalue weighted by Crippen LogP contribution is 2.49. The van der Waals surface area contributed by atoms with Crippen LogP contribution in [0.4, 0.5) is 0 Å². The molecule has 0 fully saturated rings. The van der Waals surface area contributed by atoms with Gasteiger partial charge in [-0.15, -0.1) is 22.7 Å². The quantitative estimate of drug-likeness (QED) is 0.182. The summed E-state index contributed by atoms with van der Waals surface area (Å²) in [5, 5.41) is 7.25. The van der Waals surface area contributed by atoms with E-state index >= 15 is 0 Å². The van der Waals surface area contributed by atoms with Gasteiger partial charge in [0.05, 0.1) is 4.70 Å². The molecule has 0 bridgehead atoms. The maximum Gasteiger partial charge on any atom is 0.164 e. The maximum absolute atomic E-state index is 5.24. The fourth-order valence-corrected chi connectivity index (χ4v) is 10.4. The fourth-order valence-electron chi connectivity index (χ4n) is 8.29. The van der Waals surface area contributed by atoms with Gasteiger partial charge in [-0.1, -0.05) is 121 Å². The van der Waals surface area contributed by atoms with E-state index in [1.165, 1.54) is 53.2 Å². The summed E-state index contributed by atoms with van der Waals surface area (Å²) in [5.74, 6) is 1.95. The molecule has 1 aliphatic carbocycles. The minimum absolute atomic E-state index is 0.650. The van der Waals surface area contributed by atoms with Crippen molar-refractivity contribution in [3.63, 3.8) is 0 Å². The van der Waals surface area contributed by atoms with Gasteiger partial charge in [-0.3, -0.25) is 0 Å². The molecule has 0 radical (unpaired) electrons. The SMILES string of the molecule is c1c(-c2ccc3c4c(cccc24)-c2ccccc2-3)cc2c(c#1)sc1cccc(-c3nc(-c4ccccc4)nc(-c4ccc5sc6ccccc6c5c4)n3)c12. The van der Waals surface area contributed by atoms with E-state index in [0.29, 0.717) is 17.5 Å². The van der Waals surface area contributed by atoms with E-state index in [0.717, 1.165) is 48.0 Å². The second-order valence-electron chi connectivity index (χ2n) is 13.7. The number of benzene rings is 7. The normalized spacial score (nSPS) is 11.9. The molecule has 5 heteroatoms. The molecule has 11 aromatic rings. The van der Waals surface area contributed by atoms with Crippen LogP contribution in [0.1, 0.15) is 0 Å². The number of nitrogens with zero attached hydrogens (tertiary/aromatic N) is 3. The van der Waals surface area contributed by atoms with Crippen LogP contribution in [-0.4, -0.2) is 15.0 Å². The van der Waals surface area contributed by atoms with Crippen molar-refractivity contribution in [2.24, 2.45) is 0 Å². The standard InChI is InChI=1S/C49H25N3S2/c1-2-10-28(11-3-1)47-50-48(30-21-25-42-39(27-30)34-14-6-7-18-41(34)53-42)52-49(51-47)38-17-9-19-44-46(38)40-26-29(20-24-43(40)54-44)31-22-23-37-33-13-5-4-12-32(33)36-16-8-15-35(31)45(36)37/h1-19,21-23,25-27H. The van der Waals surface area contributed by atoms with Crippen LogP contribution < -0.4 is 0 Å². The Morgan fingerprint density at radius 1 is 0.352 bits per heavy atom. The Kier molecular flexibility index (Phi) is 6.29. The molecule has 12 rings (SSSR count). The summed E-state index contributed by atoms with van der Waals surface area (Å²) in [6.45, 7) is 0. The molecule has 0 aliphatic heterocycles. The lowest BCUT2D eigenvalue weighted by Gasteiger charge is -2.10. The molecule has 0 N–H and O–H groups in total. The van der Waals surface area contributed by atoms with Crippen LogP contribution in [0.15, 0.2) is 152 Å². The molecule has 0 unspecified atom stereocenters. The van der Waals surface area contributed by atoms with Gasteiger partial charge in [0.2, 0.25) is 0 Å². The van der Waals surface area contributed by atoms with Gasteiger partial charge in [-0.2, -0.15) is 0 Å². The van der Waals surface area contributed by atoms with E-state index in [9.17, 15) is 0 Å². The Bertz CT molecular complexity index is 3310. The summed E-state index contributed by atoms with van der Waals surface area (Å²) in [4.78, 5) is 15.5. The Labute approximate surface area is 318 Å². The van der Waals surface area contributed by atoms with Gasteiger partial charge in [0.1, 0.15) is 0 Å². The minimum atomic E-state index is 0.650. The molecular weight excluding hydrogens is 695 g/mol. The maximum atomic E-state index is 5.24. The third-order valence-corrected chi connectivity index (χ3v) is 13.0. The smallest absolute Gasteiger partial charge is 0.164 e. The third kappa shape index (κ3) is 4.39. The summed E-state index contributed by atoms with van der Waals surface area (Å²) < 4.78 is 4.75. The Balaban J connectivity index is 1.06. The lowest BCUT2D eigenvalue weighted by atomic mass is 9.94. The molecule has 8 aromatic carbocycles. The van der Waals surface area contributed by atoms with Crippen molar-refractivity contribution in [2.75, 3.05) is 0 Å². The minimum Gasteiger partial charge on any atom is -0.208 e. The van der Waals surface area contributed by atoms with E-state index in [1.54, 1.807) is 11.3 Å². The molecular formula is C49H25N3S2. The second-order valence-corrected chi connectivity index (χ2v) is 15.9. The highest BCUT2D eigenvalue weighted by molar-refractivity contribution is 7.26. The number of thiophene rings is 2. The van der Waals surface area contributed by atoms with Crippen LogP contribution in [0.5, 0.6) is 0 Å². The monoisotopic (exact) mass is 719 g/mol. The van der Waals surface area contributed by atoms with Crippen molar-refractivity contribution < 1.29 is 0 Å². The van der Waals surface area contributed by atoms with Crippen molar-refractivity contribution in [1.29, 1.82) is 0 Å². The summed E-state index contributed by atoms with van der Waals surface area (Å²) in [7, 11) is 0. The van der Waals surface area contributed by atoms with Crippen LogP contribution in [0.3, 0.4) is 0 Å². The number of hydrogen-bond donors (Lipinski definition) is 0. The molecule has 0 amide bonds. The van der Waals surface area contributed by atoms with Gasteiger partial charge in [0.15, 0.2) is 17.5 Å². The number of rotatable bonds is 4. The first kappa shape index (κ1) is 29.8. The van der Waals surface area contributed by atoms with E-state index in [2.05, 4.69) is 146 Å². The molecule has 0 atom stereocenters. The van der Waals surface area contributed by atoms with E-state index in [1.807, 2.05) is 29.5 Å². The second kappa shape index (κ2) is 11.4. The fraction of sp³-hybridized carbons (Fsp3) is 0. The summed E-state index contributed by atoms with van der Waals surface area (Å²) in [5.41, 5.74) is 10.2. The van der Waals surface area contributed by atoms with Crippen LogP contribution >= 0.6 is 22.7 Å². The van der Waals surface area contributed by atoms with Crippen molar-refractivity contribution >= 4 is 73.8 Å². The van der Waals surface area contributed by atoms with Gasteiger partial charge >= 0.3 is 0 Å². The molecule has 3 aromatic heterocycles. The average molecular weight is 720 g/mol. The molecule has 3 nitrogen and oxygen atoms in total. The summed E-state index contributed by atoms with van der Waals surface area (Å²) in [6, 6.07) is 61.1. The Morgan fingerprint density at radius 3 is 1.89 bits per heavy atom. The number of fused-ring (bicyclic) bond motifs is 9. The van der Waals surface area contributed by atoms with Gasteiger partial charge in [-0.25, -0.2) is 15.0 Å². The zero-order valence-electron chi connectivity index (χ0n) is 28.6. The molecule has 0 saturated heterocycles. The Hall–Kier alpha value is -6.71. The van der Waals surface area contributed by atoms with Gasteiger partial charge < -0.3 is 0 Å². The lowest BCUT2D eigenvalue weighted by molar-refractivity contribution is 1.08. The van der Waals surface area contributed by atoms with Crippen molar-refractivity contribution in [2.45, 2.75) is 0 Å². The molecule has 0 saturated carbocycles. The number of aromatic nitrogens is 3. The van der Waals surface area contributed by atoms with Crippen LogP contribution in [-0.2, 0) is 0 Å². The zero-order chi connectivity index (χ0) is 35.3. The molecule has 248 valence electrons. The number of hydrogen-bond acceptors (Lipinski definition) is 5. The van der Waals surface area contributed by atoms with E-state index in [-0.39, 0.29) is 0 Å². The van der Waals surface area contributed by atoms with Crippen LogP contribution in [0, 0.1) is 12.1 Å². The van der Waals surface area contributed by atoms with Crippen LogP contribution in [0.2, 0.25) is 0 Å². The summed E-state index contributed by atoms with van der Waals surface area (Å²) in [6.07, 6.45) is 0. The predicted octanol–water partition coefficient (Wildman–Crippen LogP) is 13.7. The predicted molar refractivity (Wildman–Crippen MR) is 227 cm³/mol. The lowest BCUT2D eigenvalue weighted by Crippen LogP contribution is -2.00. The van der Waals surface area contributed by atoms with Gasteiger partial charge in [0, 0.05) is 57.9 Å². The molecule has 0 spiro atoms. The highest BCUT2D eigenvalue weighted by atomic mass is 32.1. The first-order chi connectivity index (χ1) is 26.7. The first-order valence-corrected chi connectivity index (χ1v) is 19.6. The van der Waals surface area contributed by atoms with E-state index < -0.39 is 0 Å². The van der Waals surface area contributed by atoms with Gasteiger partial charge in [0.25, 0.3) is 0 Å². The highest BCUT2D eigenvalue weighted by Gasteiger charge is 2.23. The molecule has 3 heterocycles. The van der Waals surface area contributed by atoms with Crippen molar-refractivity contribution in [3.05, 3.63) is 164 Å². The largest absolute Gasteiger partial charge is 0.208 e. The summed E-state index contributed by atoms with van der Waals surface area (Å²) >= 11 is 3.55. The third-order valence-electron chi connectivity index (χ3n) is 10.7. The molecule has 54 heavy (non-hydrogen) atoms. The van der Waals surface area contributed by atoms with Crippen molar-refractivity contribution in [3.8, 4) is 67.5 Å². The Morgan fingerprint density at radius 2 is 1.00 bits per heavy atom. The zero-order valence-corrected chi connectivity index (χ0v) is 30.2. The van der Waals surface area contributed by atoms with Gasteiger partial charge in [-0.05, 0) is 81.1 Å². The van der Waals surface area contributed by atoms with E-state index in [4.69, 9.17) is 15.0 Å². The average Bonchev–Trinajstić information content (AvgIpc) is 3.91.